The second-order valence-electron chi connectivity index (χ2n) is 4.87. The summed E-state index contributed by atoms with van der Waals surface area (Å²) in [7, 11) is 0. The summed E-state index contributed by atoms with van der Waals surface area (Å²) in [5.74, 6) is 0.0641. The zero-order valence-corrected chi connectivity index (χ0v) is 12.0. The van der Waals surface area contributed by atoms with Gasteiger partial charge in [-0.1, -0.05) is 11.3 Å². The monoisotopic (exact) mass is 312 g/mol. The van der Waals surface area contributed by atoms with Crippen LogP contribution in [0.2, 0.25) is 0 Å². The van der Waals surface area contributed by atoms with E-state index >= 15 is 0 Å². The van der Waals surface area contributed by atoms with E-state index in [9.17, 15) is 4.79 Å². The smallest absolute Gasteiger partial charge is 0.311 e. The number of rotatable bonds is 4. The summed E-state index contributed by atoms with van der Waals surface area (Å²) in [4.78, 5) is 20.3. The van der Waals surface area contributed by atoms with Gasteiger partial charge in [-0.3, -0.25) is 9.36 Å². The van der Waals surface area contributed by atoms with Gasteiger partial charge in [0.1, 0.15) is 6.23 Å². The van der Waals surface area contributed by atoms with Crippen molar-refractivity contribution >= 4 is 27.6 Å². The Balaban J connectivity index is 2.11. The van der Waals surface area contributed by atoms with Gasteiger partial charge in [0.05, 0.1) is 23.1 Å². The fourth-order valence-corrected chi connectivity index (χ4v) is 3.51. The highest BCUT2D eigenvalue weighted by Crippen LogP contribution is 2.31. The van der Waals surface area contributed by atoms with Crippen LogP contribution in [0, 0.1) is 0 Å². The first kappa shape index (κ1) is 14.4. The maximum absolute atomic E-state index is 12.3. The molecule has 0 aliphatic carbocycles. The molecule has 114 valence electrons. The Morgan fingerprint density at radius 2 is 2.19 bits per heavy atom. The molecule has 21 heavy (non-hydrogen) atoms. The molecule has 1 saturated heterocycles. The molecule has 0 saturated carbocycles. The lowest BCUT2D eigenvalue weighted by Gasteiger charge is -2.13. The molecule has 3 rings (SSSR count). The van der Waals surface area contributed by atoms with Crippen LogP contribution in [0.25, 0.3) is 10.3 Å². The molecule has 0 radical (unpaired) electrons. The van der Waals surface area contributed by atoms with Crippen molar-refractivity contribution < 1.29 is 14.9 Å². The van der Waals surface area contributed by atoms with Crippen LogP contribution in [0.15, 0.2) is 4.79 Å². The molecule has 3 heterocycles. The number of aliphatic hydroxyl groups is 2. The van der Waals surface area contributed by atoms with E-state index < -0.39 is 6.23 Å². The third-order valence-electron chi connectivity index (χ3n) is 3.47. The quantitative estimate of drug-likeness (QED) is 0.704. The molecule has 0 spiro atoms. The minimum absolute atomic E-state index is 0.0641. The molecular formula is C12H16N4O4S. The van der Waals surface area contributed by atoms with Crippen LogP contribution in [0.1, 0.15) is 24.8 Å². The van der Waals surface area contributed by atoms with Gasteiger partial charge in [0.15, 0.2) is 5.65 Å². The van der Waals surface area contributed by atoms with E-state index in [0.29, 0.717) is 35.3 Å². The van der Waals surface area contributed by atoms with Crippen LogP contribution in [0.4, 0.5) is 5.95 Å². The predicted octanol–water partition coefficient (Wildman–Crippen LogP) is -0.360. The van der Waals surface area contributed by atoms with Crippen LogP contribution in [-0.4, -0.2) is 44.1 Å². The lowest BCUT2D eigenvalue weighted by Crippen LogP contribution is -2.21. The number of thiazole rings is 1. The van der Waals surface area contributed by atoms with Gasteiger partial charge >= 0.3 is 4.87 Å². The van der Waals surface area contributed by atoms with Crippen molar-refractivity contribution in [3.8, 4) is 0 Å². The zero-order chi connectivity index (χ0) is 15.0. The highest BCUT2D eigenvalue weighted by atomic mass is 32.1. The van der Waals surface area contributed by atoms with Crippen molar-refractivity contribution in [3.05, 3.63) is 15.4 Å². The molecule has 0 bridgehead atoms. The van der Waals surface area contributed by atoms with Crippen molar-refractivity contribution in [2.75, 3.05) is 18.9 Å². The third kappa shape index (κ3) is 2.53. The summed E-state index contributed by atoms with van der Waals surface area (Å²) in [5.41, 5.74) is 6.69. The third-order valence-corrected chi connectivity index (χ3v) is 4.47. The molecule has 0 unspecified atom stereocenters. The van der Waals surface area contributed by atoms with E-state index in [4.69, 9.17) is 20.7 Å². The normalized spacial score (nSPS) is 22.2. The molecule has 4 N–H and O–H groups in total. The van der Waals surface area contributed by atoms with Crippen LogP contribution >= 0.6 is 11.3 Å². The number of nitrogens with two attached hydrogens (primary N) is 1. The maximum Gasteiger partial charge on any atom is 0.311 e. The number of nitrogens with zero attached hydrogens (tertiary/aromatic N) is 3. The Morgan fingerprint density at radius 3 is 2.86 bits per heavy atom. The number of anilines is 1. The molecule has 8 nitrogen and oxygen atoms in total. The number of nitrogen functional groups attached to an aromatic ring is 1. The second-order valence-corrected chi connectivity index (χ2v) is 5.83. The highest BCUT2D eigenvalue weighted by molar-refractivity contribution is 7.16. The van der Waals surface area contributed by atoms with Crippen molar-refractivity contribution in [2.45, 2.75) is 31.6 Å². The second kappa shape index (κ2) is 5.68. The summed E-state index contributed by atoms with van der Waals surface area (Å²) >= 11 is 1.02. The number of fused-ring (bicyclic) bond motifs is 1. The zero-order valence-electron chi connectivity index (χ0n) is 11.2. The first-order valence-electron chi connectivity index (χ1n) is 6.68. The molecular weight excluding hydrogens is 296 g/mol. The maximum atomic E-state index is 12.3. The average molecular weight is 312 g/mol. The van der Waals surface area contributed by atoms with E-state index in [1.54, 1.807) is 0 Å². The SMILES string of the molecule is Nc1nc(CCO)c2sc(=O)n([C@H]3CC[C@@H](CO)O3)c2n1. The largest absolute Gasteiger partial charge is 0.396 e. The van der Waals surface area contributed by atoms with Gasteiger partial charge in [0.2, 0.25) is 5.95 Å². The van der Waals surface area contributed by atoms with Crippen LogP contribution in [0.5, 0.6) is 0 Å². The Kier molecular flexibility index (Phi) is 3.89. The molecule has 9 heteroatoms. The number of hydrogen-bond acceptors (Lipinski definition) is 8. The van der Waals surface area contributed by atoms with Crippen LogP contribution < -0.4 is 10.6 Å². The summed E-state index contributed by atoms with van der Waals surface area (Å²) < 4.78 is 7.74. The summed E-state index contributed by atoms with van der Waals surface area (Å²) in [5, 5.41) is 18.2. The topological polar surface area (TPSA) is 123 Å². The number of hydrogen-bond donors (Lipinski definition) is 3. The van der Waals surface area contributed by atoms with Crippen LogP contribution in [-0.2, 0) is 11.2 Å². The van der Waals surface area contributed by atoms with E-state index in [2.05, 4.69) is 9.97 Å². The van der Waals surface area contributed by atoms with Gasteiger partial charge < -0.3 is 20.7 Å². The van der Waals surface area contributed by atoms with Crippen LogP contribution in [0.3, 0.4) is 0 Å². The van der Waals surface area contributed by atoms with Gasteiger partial charge in [0.25, 0.3) is 0 Å². The highest BCUT2D eigenvalue weighted by Gasteiger charge is 2.29. The van der Waals surface area contributed by atoms with E-state index in [1.807, 2.05) is 0 Å². The van der Waals surface area contributed by atoms with Crippen molar-refractivity contribution in [1.82, 2.24) is 14.5 Å². The lowest BCUT2D eigenvalue weighted by atomic mass is 10.2. The Bertz CT molecular complexity index is 713. The number of aromatic nitrogens is 3. The van der Waals surface area contributed by atoms with E-state index in [0.717, 1.165) is 11.3 Å². The first-order valence-corrected chi connectivity index (χ1v) is 7.50. The van der Waals surface area contributed by atoms with Gasteiger partial charge in [-0.05, 0) is 12.8 Å². The van der Waals surface area contributed by atoms with E-state index in [1.165, 1.54) is 4.57 Å². The average Bonchev–Trinajstić information content (AvgIpc) is 3.02. The number of ether oxygens (including phenoxy) is 1. The number of aliphatic hydroxyl groups excluding tert-OH is 2. The van der Waals surface area contributed by atoms with Gasteiger partial charge in [0, 0.05) is 13.0 Å². The summed E-state index contributed by atoms with van der Waals surface area (Å²) in [6.45, 7) is -0.148. The Labute approximate surface area is 123 Å². The lowest BCUT2D eigenvalue weighted by molar-refractivity contribution is -0.0214. The van der Waals surface area contributed by atoms with E-state index in [-0.39, 0.29) is 30.1 Å². The summed E-state index contributed by atoms with van der Waals surface area (Å²) in [6.07, 6.45) is 0.937. The molecule has 1 aliphatic rings. The molecule has 1 fully saturated rings. The molecule has 2 atom stereocenters. The Morgan fingerprint density at radius 1 is 1.38 bits per heavy atom. The standard InChI is InChI=1S/C12H16N4O4S/c13-11-14-7(3-4-17)9-10(15-11)16(12(19)21-9)8-2-1-6(5-18)20-8/h6,8,17-18H,1-5H2,(H2,13,14,15)/t6-,8+/m0/s1. The van der Waals surface area contributed by atoms with Crippen molar-refractivity contribution in [2.24, 2.45) is 0 Å². The molecule has 2 aromatic rings. The molecule has 1 aliphatic heterocycles. The fraction of sp³-hybridized carbons (Fsp3) is 0.583. The van der Waals surface area contributed by atoms with Crippen molar-refractivity contribution in [1.29, 1.82) is 0 Å². The Hall–Kier alpha value is -1.55. The van der Waals surface area contributed by atoms with Gasteiger partial charge in [-0.15, -0.1) is 0 Å². The van der Waals surface area contributed by atoms with Gasteiger partial charge in [-0.2, -0.15) is 4.98 Å². The van der Waals surface area contributed by atoms with Crippen molar-refractivity contribution in [3.63, 3.8) is 0 Å². The van der Waals surface area contributed by atoms with Gasteiger partial charge in [-0.25, -0.2) is 4.98 Å². The first-order chi connectivity index (χ1) is 10.1. The minimum Gasteiger partial charge on any atom is -0.396 e. The molecule has 0 amide bonds. The fourth-order valence-electron chi connectivity index (χ4n) is 2.53. The molecule has 0 aromatic carbocycles. The summed E-state index contributed by atoms with van der Waals surface area (Å²) in [6, 6.07) is 0. The predicted molar refractivity (Wildman–Crippen MR) is 77.1 cm³/mol. The molecule has 2 aromatic heterocycles. The minimum atomic E-state index is -0.445.